The van der Waals surface area contributed by atoms with Gasteiger partial charge < -0.3 is 19.8 Å². The first-order valence-electron chi connectivity index (χ1n) is 12.2. The highest BCUT2D eigenvalue weighted by Gasteiger charge is 2.35. The number of aryl methyl sites for hydroxylation is 1. The highest BCUT2D eigenvalue weighted by molar-refractivity contribution is 5.99. The van der Waals surface area contributed by atoms with E-state index in [-0.39, 0.29) is 5.56 Å². The van der Waals surface area contributed by atoms with Crippen LogP contribution in [0.4, 0.5) is 16.2 Å². The van der Waals surface area contributed by atoms with Gasteiger partial charge in [-0.15, -0.1) is 0 Å². The van der Waals surface area contributed by atoms with Crippen LogP contribution < -0.4 is 16.2 Å². The number of rotatable bonds is 4. The van der Waals surface area contributed by atoms with Crippen LogP contribution >= 0.6 is 0 Å². The van der Waals surface area contributed by atoms with Gasteiger partial charge in [-0.1, -0.05) is 36.4 Å². The van der Waals surface area contributed by atoms with E-state index in [9.17, 15) is 9.59 Å². The summed E-state index contributed by atoms with van der Waals surface area (Å²) in [6.45, 7) is 3.50. The van der Waals surface area contributed by atoms with Gasteiger partial charge in [-0.05, 0) is 48.2 Å². The van der Waals surface area contributed by atoms with E-state index >= 15 is 0 Å². The van der Waals surface area contributed by atoms with E-state index in [1.807, 2.05) is 41.0 Å². The number of para-hydroxylation sites is 2. The Balaban J connectivity index is 1.19. The third-order valence-electron chi connectivity index (χ3n) is 7.33. The molecule has 2 aromatic heterocycles. The van der Waals surface area contributed by atoms with Crippen molar-refractivity contribution in [3.63, 3.8) is 0 Å². The van der Waals surface area contributed by atoms with Gasteiger partial charge >= 0.3 is 6.03 Å². The lowest BCUT2D eigenvalue weighted by atomic mass is 9.83. The molecule has 0 aliphatic carbocycles. The molecule has 0 unspecified atom stereocenters. The van der Waals surface area contributed by atoms with Gasteiger partial charge in [0.2, 0.25) is 0 Å². The second-order valence-corrected chi connectivity index (χ2v) is 9.81. The third-order valence-corrected chi connectivity index (χ3v) is 7.33. The first kappa shape index (κ1) is 21.7. The van der Waals surface area contributed by atoms with Crippen LogP contribution in [0.25, 0.3) is 10.9 Å². The molecular formula is C28H29N5O2. The second-order valence-electron chi connectivity index (χ2n) is 9.81. The number of hydrogen-bond acceptors (Lipinski definition) is 3. The van der Waals surface area contributed by atoms with Crippen molar-refractivity contribution >= 4 is 28.3 Å². The molecule has 1 saturated heterocycles. The molecule has 4 heterocycles. The highest BCUT2D eigenvalue weighted by Crippen LogP contribution is 2.36. The van der Waals surface area contributed by atoms with Gasteiger partial charge in [0.05, 0.1) is 0 Å². The quantitative estimate of drug-likeness (QED) is 0.461. The molecule has 0 radical (unpaired) electrons. The number of pyridine rings is 1. The van der Waals surface area contributed by atoms with Crippen molar-refractivity contribution < 1.29 is 4.79 Å². The van der Waals surface area contributed by atoms with Crippen LogP contribution in [-0.4, -0.2) is 33.2 Å². The van der Waals surface area contributed by atoms with Crippen LogP contribution in [0, 0.1) is 5.92 Å². The number of hydrogen-bond donors (Lipinski definition) is 2. The number of aromatic nitrogens is 2. The van der Waals surface area contributed by atoms with Crippen molar-refractivity contribution in [3.05, 3.63) is 94.5 Å². The predicted octanol–water partition coefficient (Wildman–Crippen LogP) is 4.60. The molecule has 7 heteroatoms. The summed E-state index contributed by atoms with van der Waals surface area (Å²) >= 11 is 0. The Labute approximate surface area is 204 Å². The number of benzene rings is 2. The molecule has 2 amide bonds. The summed E-state index contributed by atoms with van der Waals surface area (Å²) in [5.41, 5.74) is 4.56. The fourth-order valence-corrected chi connectivity index (χ4v) is 5.87. The van der Waals surface area contributed by atoms with E-state index < -0.39 is 6.03 Å². The molecule has 4 aromatic rings. The molecule has 6 rings (SSSR count). The molecule has 2 N–H and O–H groups in total. The molecule has 2 aromatic carbocycles. The third kappa shape index (κ3) is 4.12. The van der Waals surface area contributed by atoms with Crippen LogP contribution in [-0.2, 0) is 20.1 Å². The number of fused-ring (bicyclic) bond motifs is 5. The number of nitrogens with one attached hydrogen (secondary N) is 2. The Bertz CT molecular complexity index is 1460. The molecule has 7 nitrogen and oxygen atoms in total. The van der Waals surface area contributed by atoms with Crippen molar-refractivity contribution in [1.29, 1.82) is 0 Å². The monoisotopic (exact) mass is 467 g/mol. The Morgan fingerprint density at radius 2 is 1.74 bits per heavy atom. The molecule has 2 bridgehead atoms. The first-order valence-corrected chi connectivity index (χ1v) is 12.2. The molecule has 0 spiro atoms. The predicted molar refractivity (Wildman–Crippen MR) is 139 cm³/mol. The average molecular weight is 468 g/mol. The average Bonchev–Trinajstić information content (AvgIpc) is 3.17. The van der Waals surface area contributed by atoms with Gasteiger partial charge in [0.25, 0.3) is 5.56 Å². The lowest BCUT2D eigenvalue weighted by Crippen LogP contribution is -2.47. The number of nitrogens with zero attached hydrogens (tertiary/aromatic N) is 3. The van der Waals surface area contributed by atoms with E-state index in [0.717, 1.165) is 31.7 Å². The smallest absolute Gasteiger partial charge is 0.323 e. The summed E-state index contributed by atoms with van der Waals surface area (Å²) in [4.78, 5) is 28.2. The topological polar surface area (TPSA) is 71.3 Å². The molecule has 178 valence electrons. The Morgan fingerprint density at radius 1 is 0.943 bits per heavy atom. The molecule has 2 aliphatic heterocycles. The van der Waals surface area contributed by atoms with Crippen molar-refractivity contribution in [2.24, 2.45) is 13.0 Å². The maximum atomic E-state index is 13.3. The summed E-state index contributed by atoms with van der Waals surface area (Å²) in [6, 6.07) is 21.1. The van der Waals surface area contributed by atoms with Crippen molar-refractivity contribution in [2.45, 2.75) is 25.4 Å². The maximum Gasteiger partial charge on any atom is 0.323 e. The minimum Gasteiger partial charge on any atom is -0.350 e. The van der Waals surface area contributed by atoms with E-state index in [1.165, 1.54) is 16.5 Å². The number of likely N-dealkylation sites (tertiary alicyclic amines) is 1. The Morgan fingerprint density at radius 3 is 2.60 bits per heavy atom. The van der Waals surface area contributed by atoms with Crippen LogP contribution in [0.5, 0.6) is 0 Å². The van der Waals surface area contributed by atoms with Gasteiger partial charge in [0, 0.05) is 67.6 Å². The zero-order valence-corrected chi connectivity index (χ0v) is 19.8. The molecule has 1 fully saturated rings. The minimum absolute atomic E-state index is 0.122. The van der Waals surface area contributed by atoms with E-state index in [1.54, 1.807) is 6.07 Å². The number of piperidine rings is 1. The Hall–Kier alpha value is -3.84. The first-order chi connectivity index (χ1) is 17.0. The number of carbonyl (C=O) groups is 1. The Kier molecular flexibility index (Phi) is 5.41. The molecule has 2 aliphatic rings. The largest absolute Gasteiger partial charge is 0.350 e. The summed E-state index contributed by atoms with van der Waals surface area (Å²) < 4.78 is 4.08. The van der Waals surface area contributed by atoms with Crippen LogP contribution in [0.3, 0.4) is 0 Å². The number of carbonyl (C=O) groups excluding carboxylic acids is 1. The van der Waals surface area contributed by atoms with E-state index in [0.29, 0.717) is 29.8 Å². The van der Waals surface area contributed by atoms with Crippen molar-refractivity contribution in [2.75, 3.05) is 23.7 Å². The highest BCUT2D eigenvalue weighted by atomic mass is 16.2. The summed E-state index contributed by atoms with van der Waals surface area (Å²) in [5.74, 6) is 0.736. The zero-order valence-electron chi connectivity index (χ0n) is 19.8. The van der Waals surface area contributed by atoms with Crippen molar-refractivity contribution in [3.8, 4) is 0 Å². The van der Waals surface area contributed by atoms with Gasteiger partial charge in [0.15, 0.2) is 0 Å². The molecule has 0 saturated carbocycles. The minimum atomic E-state index is -0.411. The lowest BCUT2D eigenvalue weighted by Gasteiger charge is -2.43. The van der Waals surface area contributed by atoms with Gasteiger partial charge in [-0.2, -0.15) is 0 Å². The van der Waals surface area contributed by atoms with Crippen LogP contribution in [0.1, 0.15) is 23.6 Å². The van der Waals surface area contributed by atoms with Crippen LogP contribution in [0.2, 0.25) is 0 Å². The molecule has 2 atom stereocenters. The van der Waals surface area contributed by atoms with E-state index in [4.69, 9.17) is 0 Å². The van der Waals surface area contributed by atoms with Gasteiger partial charge in [0.1, 0.15) is 5.69 Å². The van der Waals surface area contributed by atoms with Crippen LogP contribution in [0.15, 0.2) is 77.7 Å². The second kappa shape index (κ2) is 8.74. The lowest BCUT2D eigenvalue weighted by molar-refractivity contribution is 0.115. The van der Waals surface area contributed by atoms with E-state index in [2.05, 4.69) is 57.6 Å². The number of amides is 2. The fourth-order valence-electron chi connectivity index (χ4n) is 5.87. The fraction of sp³-hybridized carbons (Fsp3) is 0.286. The van der Waals surface area contributed by atoms with Gasteiger partial charge in [-0.25, -0.2) is 4.79 Å². The SMILES string of the molecule is Cn1cc(CN2C[C@@H]3C[C@H](C2)c2ccc(NC(=O)Nc4ccccc4)c(=O)n2C3)c2ccccc21. The normalized spacial score (nSPS) is 19.3. The standard InChI is InChI=1S/C28H29N5O2/c1-31-16-21(23-9-5-6-10-26(23)31)18-32-14-19-13-20(17-32)25-12-11-24(27(34)33(25)15-19)30-28(35)29-22-7-3-2-4-8-22/h2-12,16,19-20H,13-15,17-18H2,1H3,(H2,29,30,35)/t19-,20+/m0/s1. The summed E-state index contributed by atoms with van der Waals surface area (Å²) in [6.07, 6.45) is 3.35. The summed E-state index contributed by atoms with van der Waals surface area (Å²) in [7, 11) is 2.10. The molecular weight excluding hydrogens is 438 g/mol. The maximum absolute atomic E-state index is 13.3. The van der Waals surface area contributed by atoms with Gasteiger partial charge in [-0.3, -0.25) is 9.69 Å². The van der Waals surface area contributed by atoms with Crippen molar-refractivity contribution in [1.82, 2.24) is 14.0 Å². The number of anilines is 2. The zero-order chi connectivity index (χ0) is 23.9. The summed E-state index contributed by atoms with van der Waals surface area (Å²) in [5, 5.41) is 6.83. The molecule has 35 heavy (non-hydrogen) atoms. The number of urea groups is 1.